The fraction of sp³-hybridized carbons (Fsp3) is 0.385. The van der Waals surface area contributed by atoms with Crippen molar-refractivity contribution in [3.8, 4) is 5.69 Å². The summed E-state index contributed by atoms with van der Waals surface area (Å²) >= 11 is 1.40. The summed E-state index contributed by atoms with van der Waals surface area (Å²) in [5.41, 5.74) is 3.55. The predicted molar refractivity (Wildman–Crippen MR) is 137 cm³/mol. The third-order valence-corrected chi connectivity index (χ3v) is 7.08. The Balaban J connectivity index is 1.46. The number of hydrogen-bond donors (Lipinski definition) is 1. The number of amides is 1. The number of hydrogen-bond acceptors (Lipinski definition) is 7. The van der Waals surface area contributed by atoms with Gasteiger partial charge in [0.2, 0.25) is 11.9 Å². The first kappa shape index (κ1) is 24.8. The number of nitrogens with one attached hydrogen (secondary N) is 1. The van der Waals surface area contributed by atoms with Gasteiger partial charge in [-0.25, -0.2) is 4.79 Å². The van der Waals surface area contributed by atoms with Crippen LogP contribution in [0.25, 0.3) is 5.69 Å². The van der Waals surface area contributed by atoms with Crippen LogP contribution in [0.1, 0.15) is 47.7 Å². The molecule has 1 aliphatic rings. The van der Waals surface area contributed by atoms with Crippen LogP contribution in [-0.4, -0.2) is 52.1 Å². The monoisotopic (exact) mass is 493 g/mol. The van der Waals surface area contributed by atoms with Gasteiger partial charge in [0.1, 0.15) is 0 Å². The number of carbonyl (C=O) groups is 2. The number of aryl methyl sites for hydroxylation is 1. The molecule has 4 rings (SSSR count). The molecule has 2 heterocycles. The minimum absolute atomic E-state index is 0.0926. The molecule has 2 aromatic carbocycles. The fourth-order valence-electron chi connectivity index (χ4n) is 3.98. The van der Waals surface area contributed by atoms with Gasteiger partial charge in [0.05, 0.1) is 23.6 Å². The summed E-state index contributed by atoms with van der Waals surface area (Å²) < 4.78 is 6.78. The van der Waals surface area contributed by atoms with Crippen LogP contribution in [0.4, 0.5) is 5.95 Å². The summed E-state index contributed by atoms with van der Waals surface area (Å²) in [6, 6.07) is 15.3. The maximum atomic E-state index is 12.9. The van der Waals surface area contributed by atoms with E-state index < -0.39 is 0 Å². The molecule has 1 fully saturated rings. The Kier molecular flexibility index (Phi) is 8.07. The zero-order chi connectivity index (χ0) is 24.8. The van der Waals surface area contributed by atoms with Gasteiger partial charge < -0.3 is 15.0 Å². The standard InChI is InChI=1S/C26H31N5O3S/c1-18-7-13-22(14-8-18)31-25(30-15-5-4-6-16-30)28-29-26(31)35-19(2)23(32)27-17-20-9-11-21(12-10-20)24(33)34-3/h7-14,19H,4-6,15-17H2,1-3H3,(H,27,32). The van der Waals surface area contributed by atoms with Crippen molar-refractivity contribution in [2.24, 2.45) is 0 Å². The molecule has 0 spiro atoms. The second-order valence-electron chi connectivity index (χ2n) is 8.67. The topological polar surface area (TPSA) is 89.3 Å². The Labute approximate surface area is 210 Å². The lowest BCUT2D eigenvalue weighted by molar-refractivity contribution is -0.120. The molecular weight excluding hydrogens is 462 g/mol. The molecule has 1 N–H and O–H groups in total. The zero-order valence-electron chi connectivity index (χ0n) is 20.4. The minimum Gasteiger partial charge on any atom is -0.465 e. The van der Waals surface area contributed by atoms with Gasteiger partial charge in [0.25, 0.3) is 0 Å². The molecule has 0 radical (unpaired) electrons. The number of nitrogens with zero attached hydrogens (tertiary/aromatic N) is 4. The Morgan fingerprint density at radius 1 is 1.03 bits per heavy atom. The van der Waals surface area contributed by atoms with Crippen LogP contribution in [0.5, 0.6) is 0 Å². The van der Waals surface area contributed by atoms with Crippen LogP contribution in [0.15, 0.2) is 53.7 Å². The van der Waals surface area contributed by atoms with Gasteiger partial charge in [0.15, 0.2) is 5.16 Å². The number of rotatable bonds is 8. The fourth-order valence-corrected chi connectivity index (χ4v) is 4.87. The van der Waals surface area contributed by atoms with Gasteiger partial charge in [0, 0.05) is 19.6 Å². The van der Waals surface area contributed by atoms with Gasteiger partial charge in [-0.05, 0) is 62.9 Å². The van der Waals surface area contributed by atoms with E-state index in [-0.39, 0.29) is 17.1 Å². The molecule has 9 heteroatoms. The van der Waals surface area contributed by atoms with Crippen molar-refractivity contribution < 1.29 is 14.3 Å². The second-order valence-corrected chi connectivity index (χ2v) is 9.98. The first-order valence-electron chi connectivity index (χ1n) is 11.9. The van der Waals surface area contributed by atoms with E-state index in [0.717, 1.165) is 43.1 Å². The molecule has 184 valence electrons. The van der Waals surface area contributed by atoms with E-state index >= 15 is 0 Å². The lowest BCUT2D eigenvalue weighted by atomic mass is 10.1. The van der Waals surface area contributed by atoms with Crippen molar-refractivity contribution >= 4 is 29.6 Å². The van der Waals surface area contributed by atoms with Crippen LogP contribution < -0.4 is 10.2 Å². The molecule has 1 saturated heterocycles. The van der Waals surface area contributed by atoms with Gasteiger partial charge in [-0.2, -0.15) is 0 Å². The predicted octanol–water partition coefficient (Wildman–Crippen LogP) is 4.15. The minimum atomic E-state index is -0.382. The van der Waals surface area contributed by atoms with Crippen molar-refractivity contribution in [1.82, 2.24) is 20.1 Å². The highest BCUT2D eigenvalue weighted by molar-refractivity contribution is 8.00. The molecule has 1 atom stereocenters. The van der Waals surface area contributed by atoms with Crippen LogP contribution in [0, 0.1) is 6.92 Å². The zero-order valence-corrected chi connectivity index (χ0v) is 21.2. The van der Waals surface area contributed by atoms with E-state index in [0.29, 0.717) is 17.3 Å². The molecule has 0 saturated carbocycles. The van der Waals surface area contributed by atoms with Crippen LogP contribution >= 0.6 is 11.8 Å². The summed E-state index contributed by atoms with van der Waals surface area (Å²) in [6.45, 7) is 6.22. The smallest absolute Gasteiger partial charge is 0.337 e. The lowest BCUT2D eigenvalue weighted by Gasteiger charge is -2.28. The molecule has 1 aromatic heterocycles. The number of ether oxygens (including phenoxy) is 1. The molecule has 1 amide bonds. The summed E-state index contributed by atoms with van der Waals surface area (Å²) in [6.07, 6.45) is 3.52. The molecular formula is C26H31N5O3S. The van der Waals surface area contributed by atoms with E-state index in [4.69, 9.17) is 4.74 Å². The highest BCUT2D eigenvalue weighted by Gasteiger charge is 2.24. The van der Waals surface area contributed by atoms with Crippen molar-refractivity contribution in [3.05, 3.63) is 65.2 Å². The average molecular weight is 494 g/mol. The lowest BCUT2D eigenvalue weighted by Crippen LogP contribution is -2.32. The number of aromatic nitrogens is 3. The first-order valence-corrected chi connectivity index (χ1v) is 12.7. The van der Waals surface area contributed by atoms with Crippen molar-refractivity contribution in [2.75, 3.05) is 25.1 Å². The third kappa shape index (κ3) is 6.03. The van der Waals surface area contributed by atoms with Gasteiger partial charge in [-0.15, -0.1) is 10.2 Å². The number of esters is 1. The molecule has 8 nitrogen and oxygen atoms in total. The number of methoxy groups -OCH3 is 1. The molecule has 0 bridgehead atoms. The summed E-state index contributed by atoms with van der Waals surface area (Å²) in [5, 5.41) is 12.3. The highest BCUT2D eigenvalue weighted by atomic mass is 32.2. The Hall–Kier alpha value is -3.33. The molecule has 1 unspecified atom stereocenters. The Morgan fingerprint density at radius 2 is 1.71 bits per heavy atom. The molecule has 1 aliphatic heterocycles. The number of anilines is 1. The quantitative estimate of drug-likeness (QED) is 0.372. The normalized spacial score (nSPS) is 14.4. The number of benzene rings is 2. The van der Waals surface area contributed by atoms with Crippen LogP contribution in [0.2, 0.25) is 0 Å². The number of piperidine rings is 1. The summed E-state index contributed by atoms with van der Waals surface area (Å²) in [7, 11) is 1.35. The molecule has 0 aliphatic carbocycles. The summed E-state index contributed by atoms with van der Waals surface area (Å²) in [5.74, 6) is 0.353. The van der Waals surface area contributed by atoms with E-state index in [9.17, 15) is 9.59 Å². The van der Waals surface area contributed by atoms with Gasteiger partial charge in [-0.3, -0.25) is 9.36 Å². The Bertz CT molecular complexity index is 1150. The van der Waals surface area contributed by atoms with E-state index in [1.807, 2.05) is 19.1 Å². The van der Waals surface area contributed by atoms with E-state index in [1.165, 1.54) is 30.9 Å². The average Bonchev–Trinajstić information content (AvgIpc) is 3.31. The second kappa shape index (κ2) is 11.4. The van der Waals surface area contributed by atoms with Crippen molar-refractivity contribution in [3.63, 3.8) is 0 Å². The third-order valence-electron chi connectivity index (χ3n) is 6.04. The summed E-state index contributed by atoms with van der Waals surface area (Å²) in [4.78, 5) is 26.7. The van der Waals surface area contributed by atoms with E-state index in [2.05, 4.69) is 56.2 Å². The van der Waals surface area contributed by atoms with E-state index in [1.54, 1.807) is 12.1 Å². The molecule has 35 heavy (non-hydrogen) atoms. The number of thioether (sulfide) groups is 1. The first-order chi connectivity index (χ1) is 17.0. The maximum absolute atomic E-state index is 12.9. The van der Waals surface area contributed by atoms with Crippen LogP contribution in [-0.2, 0) is 16.1 Å². The van der Waals surface area contributed by atoms with Crippen molar-refractivity contribution in [1.29, 1.82) is 0 Å². The SMILES string of the molecule is COC(=O)c1ccc(CNC(=O)C(C)Sc2nnc(N3CCCCC3)n2-c2ccc(C)cc2)cc1. The highest BCUT2D eigenvalue weighted by Crippen LogP contribution is 2.30. The largest absolute Gasteiger partial charge is 0.465 e. The number of carbonyl (C=O) groups excluding carboxylic acids is 2. The van der Waals surface area contributed by atoms with Gasteiger partial charge in [-0.1, -0.05) is 41.6 Å². The maximum Gasteiger partial charge on any atom is 0.337 e. The van der Waals surface area contributed by atoms with Crippen molar-refractivity contribution in [2.45, 2.75) is 50.1 Å². The molecule has 3 aromatic rings. The van der Waals surface area contributed by atoms with Crippen LogP contribution in [0.3, 0.4) is 0 Å². The van der Waals surface area contributed by atoms with Gasteiger partial charge >= 0.3 is 5.97 Å². The Morgan fingerprint density at radius 3 is 2.37 bits per heavy atom.